The molecule has 5 rings (SSSR count). The number of nitrogens with zero attached hydrogens (tertiary/aromatic N) is 7. The molecule has 0 aromatic carbocycles. The molecule has 0 aliphatic carbocycles. The Hall–Kier alpha value is -3.40. The zero-order valence-electron chi connectivity index (χ0n) is 15.7. The normalized spacial score (nSPS) is 17.5. The van der Waals surface area contributed by atoms with Crippen LogP contribution in [0, 0.1) is 0 Å². The maximum atomic E-state index is 6.33. The molecule has 0 spiro atoms. The molecule has 10 nitrogen and oxygen atoms in total. The van der Waals surface area contributed by atoms with Crippen molar-refractivity contribution in [2.24, 2.45) is 7.05 Å². The molecule has 28 heavy (non-hydrogen) atoms. The van der Waals surface area contributed by atoms with Crippen LogP contribution >= 0.6 is 0 Å². The third kappa shape index (κ3) is 2.53. The quantitative estimate of drug-likeness (QED) is 0.552. The molecule has 3 N–H and O–H groups in total. The monoisotopic (exact) mass is 379 g/mol. The first-order chi connectivity index (χ1) is 13.6. The van der Waals surface area contributed by atoms with Crippen molar-refractivity contribution in [1.82, 2.24) is 34.7 Å². The summed E-state index contributed by atoms with van der Waals surface area (Å²) < 4.78 is 9.12. The molecule has 1 aliphatic rings. The molecule has 4 aromatic heterocycles. The van der Waals surface area contributed by atoms with E-state index in [1.165, 1.54) is 0 Å². The van der Waals surface area contributed by atoms with Crippen LogP contribution in [0.15, 0.2) is 30.6 Å². The van der Waals surface area contributed by atoms with Crippen LogP contribution in [0.4, 0.5) is 11.6 Å². The Morgan fingerprint density at radius 2 is 2.18 bits per heavy atom. The number of anilines is 2. The molecule has 0 bridgehead atoms. The number of nitrogens with one attached hydrogen (secondary N) is 1. The van der Waals surface area contributed by atoms with Crippen molar-refractivity contribution in [2.75, 3.05) is 30.4 Å². The Morgan fingerprint density at radius 1 is 1.29 bits per heavy atom. The van der Waals surface area contributed by atoms with Gasteiger partial charge in [0.25, 0.3) is 0 Å². The van der Waals surface area contributed by atoms with E-state index in [4.69, 9.17) is 15.5 Å². The van der Waals surface area contributed by atoms with Gasteiger partial charge in [0.2, 0.25) is 0 Å². The third-order valence-electron chi connectivity index (χ3n) is 5.12. The first-order valence-corrected chi connectivity index (χ1v) is 9.15. The van der Waals surface area contributed by atoms with Gasteiger partial charge in [-0.25, -0.2) is 4.98 Å². The van der Waals surface area contributed by atoms with E-state index in [2.05, 4.69) is 38.3 Å². The third-order valence-corrected chi connectivity index (χ3v) is 5.12. The predicted octanol–water partition coefficient (Wildman–Crippen LogP) is 1.35. The molecule has 0 amide bonds. The lowest BCUT2D eigenvalue weighted by molar-refractivity contribution is 0.0985. The van der Waals surface area contributed by atoms with Gasteiger partial charge in [0.15, 0.2) is 17.3 Å². The highest BCUT2D eigenvalue weighted by atomic mass is 16.5. The van der Waals surface area contributed by atoms with Crippen LogP contribution in [-0.2, 0) is 11.8 Å². The van der Waals surface area contributed by atoms with E-state index in [0.29, 0.717) is 30.5 Å². The van der Waals surface area contributed by atoms with Crippen molar-refractivity contribution in [2.45, 2.75) is 13.0 Å². The minimum Gasteiger partial charge on any atom is -0.382 e. The van der Waals surface area contributed by atoms with E-state index in [9.17, 15) is 0 Å². The fourth-order valence-corrected chi connectivity index (χ4v) is 3.72. The van der Waals surface area contributed by atoms with Crippen LogP contribution in [0.1, 0.15) is 6.92 Å². The zero-order chi connectivity index (χ0) is 19.3. The molecular weight excluding hydrogens is 358 g/mol. The first kappa shape index (κ1) is 16.8. The zero-order valence-corrected chi connectivity index (χ0v) is 15.7. The van der Waals surface area contributed by atoms with Crippen molar-refractivity contribution in [3.05, 3.63) is 30.6 Å². The first-order valence-electron chi connectivity index (χ1n) is 9.15. The largest absolute Gasteiger partial charge is 0.382 e. The maximum Gasteiger partial charge on any atom is 0.169 e. The molecule has 0 radical (unpaired) electrons. The molecule has 1 fully saturated rings. The summed E-state index contributed by atoms with van der Waals surface area (Å²) in [5.41, 5.74) is 8.90. The lowest BCUT2D eigenvalue weighted by Gasteiger charge is -2.34. The number of nitrogen functional groups attached to an aromatic ring is 1. The summed E-state index contributed by atoms with van der Waals surface area (Å²) in [5, 5.41) is 16.6. The number of aromatic nitrogens is 7. The van der Waals surface area contributed by atoms with Crippen molar-refractivity contribution < 1.29 is 4.74 Å². The average molecular weight is 379 g/mol. The van der Waals surface area contributed by atoms with Gasteiger partial charge in [0.05, 0.1) is 36.5 Å². The standard InChI is InChI=1S/C18H21N9O/c1-11-10-28-8-7-26(11)15-9-12(13-3-6-21-25(13)2)16-17(19)24-27(18(16)22-15)14-4-5-20-23-14/h3-6,9,11H,7-8,10H2,1-2H3,(H2,19,24)(H,20,23). The highest BCUT2D eigenvalue weighted by Crippen LogP contribution is 2.35. The number of rotatable bonds is 3. The fourth-order valence-electron chi connectivity index (χ4n) is 3.72. The van der Waals surface area contributed by atoms with Crippen molar-refractivity contribution in [3.8, 4) is 17.1 Å². The second kappa shape index (κ2) is 6.34. The van der Waals surface area contributed by atoms with Crippen LogP contribution < -0.4 is 10.6 Å². The van der Waals surface area contributed by atoms with Gasteiger partial charge < -0.3 is 15.4 Å². The summed E-state index contributed by atoms with van der Waals surface area (Å²) in [5.74, 6) is 1.98. The van der Waals surface area contributed by atoms with Gasteiger partial charge in [-0.2, -0.15) is 14.9 Å². The number of hydrogen-bond donors (Lipinski definition) is 2. The van der Waals surface area contributed by atoms with Crippen LogP contribution in [0.25, 0.3) is 28.1 Å². The Balaban J connectivity index is 1.80. The smallest absolute Gasteiger partial charge is 0.169 e. The lowest BCUT2D eigenvalue weighted by Crippen LogP contribution is -2.44. The Morgan fingerprint density at radius 3 is 2.89 bits per heavy atom. The number of ether oxygens (including phenoxy) is 1. The van der Waals surface area contributed by atoms with E-state index in [-0.39, 0.29) is 6.04 Å². The van der Waals surface area contributed by atoms with Crippen molar-refractivity contribution >= 4 is 22.7 Å². The fraction of sp³-hybridized carbons (Fsp3) is 0.333. The molecular formula is C18H21N9O. The van der Waals surface area contributed by atoms with Gasteiger partial charge >= 0.3 is 0 Å². The number of aryl methyl sites for hydroxylation is 1. The highest BCUT2D eigenvalue weighted by molar-refractivity contribution is 6.01. The van der Waals surface area contributed by atoms with Crippen LogP contribution in [0.3, 0.4) is 0 Å². The lowest BCUT2D eigenvalue weighted by atomic mass is 10.1. The molecule has 4 aromatic rings. The van der Waals surface area contributed by atoms with Gasteiger partial charge in [-0.1, -0.05) is 0 Å². The van der Waals surface area contributed by atoms with E-state index in [0.717, 1.165) is 29.0 Å². The molecule has 1 unspecified atom stereocenters. The van der Waals surface area contributed by atoms with Gasteiger partial charge in [0.1, 0.15) is 5.82 Å². The van der Waals surface area contributed by atoms with Gasteiger partial charge in [-0.3, -0.25) is 9.78 Å². The van der Waals surface area contributed by atoms with E-state index in [1.54, 1.807) is 17.1 Å². The molecule has 1 atom stereocenters. The summed E-state index contributed by atoms with van der Waals surface area (Å²) in [6.45, 7) is 4.25. The number of nitrogens with two attached hydrogens (primary N) is 1. The average Bonchev–Trinajstić information content (AvgIpc) is 3.42. The highest BCUT2D eigenvalue weighted by Gasteiger charge is 2.25. The van der Waals surface area contributed by atoms with Crippen molar-refractivity contribution in [3.63, 3.8) is 0 Å². The summed E-state index contributed by atoms with van der Waals surface area (Å²) in [6, 6.07) is 6.09. The molecule has 1 aliphatic heterocycles. The second-order valence-electron chi connectivity index (χ2n) is 6.92. The molecule has 5 heterocycles. The van der Waals surface area contributed by atoms with Gasteiger partial charge in [0, 0.05) is 31.4 Å². The van der Waals surface area contributed by atoms with E-state index >= 15 is 0 Å². The number of aromatic amines is 1. The molecule has 10 heteroatoms. The molecule has 144 valence electrons. The molecule has 0 saturated carbocycles. The van der Waals surface area contributed by atoms with Crippen molar-refractivity contribution in [1.29, 1.82) is 0 Å². The Kier molecular flexibility index (Phi) is 3.79. The maximum absolute atomic E-state index is 6.33. The number of morpholine rings is 1. The number of H-pyrrole nitrogens is 1. The van der Waals surface area contributed by atoms with Gasteiger partial charge in [-0.15, -0.1) is 5.10 Å². The number of pyridine rings is 1. The summed E-state index contributed by atoms with van der Waals surface area (Å²) >= 11 is 0. The van der Waals surface area contributed by atoms with E-state index in [1.807, 2.05) is 23.9 Å². The summed E-state index contributed by atoms with van der Waals surface area (Å²) in [6.07, 6.45) is 3.45. The van der Waals surface area contributed by atoms with Crippen LogP contribution in [-0.4, -0.2) is 60.5 Å². The summed E-state index contributed by atoms with van der Waals surface area (Å²) in [4.78, 5) is 7.19. The van der Waals surface area contributed by atoms with Gasteiger partial charge in [-0.05, 0) is 19.1 Å². The predicted molar refractivity (Wildman–Crippen MR) is 105 cm³/mol. The Labute approximate surface area is 160 Å². The SMILES string of the molecule is CC1COCCN1c1cc(-c2ccnn2C)c2c(N)nn(-c3ccn[nH]3)c2n1. The number of hydrogen-bond acceptors (Lipinski definition) is 7. The topological polar surface area (TPSA) is 116 Å². The summed E-state index contributed by atoms with van der Waals surface area (Å²) in [7, 11) is 1.91. The second-order valence-corrected chi connectivity index (χ2v) is 6.92. The van der Waals surface area contributed by atoms with Crippen LogP contribution in [0.5, 0.6) is 0 Å². The van der Waals surface area contributed by atoms with E-state index < -0.39 is 0 Å². The molecule has 1 saturated heterocycles. The van der Waals surface area contributed by atoms with Crippen LogP contribution in [0.2, 0.25) is 0 Å². The Bertz CT molecular complexity index is 1130. The number of fused-ring (bicyclic) bond motifs is 1. The minimum absolute atomic E-state index is 0.221. The minimum atomic E-state index is 0.221.